The van der Waals surface area contributed by atoms with Crippen molar-refractivity contribution in [2.45, 2.75) is 13.8 Å². The minimum absolute atomic E-state index is 0.153. The minimum Gasteiger partial charge on any atom is -0.341 e. The number of nitro benzene ring substituents is 1. The van der Waals surface area contributed by atoms with Gasteiger partial charge < -0.3 is 4.90 Å². The number of nitro groups is 1. The van der Waals surface area contributed by atoms with Crippen LogP contribution in [0.1, 0.15) is 12.5 Å². The van der Waals surface area contributed by atoms with E-state index in [0.717, 1.165) is 11.4 Å². The number of rotatable bonds is 2. The lowest BCUT2D eigenvalue weighted by Crippen LogP contribution is -2.21. The van der Waals surface area contributed by atoms with E-state index in [1.807, 2.05) is 30.3 Å². The van der Waals surface area contributed by atoms with Crippen LogP contribution >= 0.6 is 0 Å². The highest BCUT2D eigenvalue weighted by Crippen LogP contribution is 2.25. The van der Waals surface area contributed by atoms with E-state index >= 15 is 0 Å². The van der Waals surface area contributed by atoms with Gasteiger partial charge in [-0.15, -0.1) is 0 Å². The molecule has 2 rings (SSSR count). The molecule has 0 bridgehead atoms. The van der Waals surface area contributed by atoms with Gasteiger partial charge in [0.15, 0.2) is 0 Å². The van der Waals surface area contributed by atoms with E-state index in [4.69, 9.17) is 0 Å². The molecule has 0 N–H and O–H groups in total. The maximum Gasteiger partial charge on any atom is 0.272 e. The van der Waals surface area contributed by atoms with E-state index in [-0.39, 0.29) is 10.6 Å². The maximum atomic E-state index is 10.7. The van der Waals surface area contributed by atoms with Crippen molar-refractivity contribution in [1.29, 1.82) is 0 Å². The monoisotopic (exact) mass is 231 g/mol. The third kappa shape index (κ3) is 2.33. The Bertz CT molecular complexity index is 520. The van der Waals surface area contributed by atoms with Crippen LogP contribution < -0.4 is 4.90 Å². The quantitative estimate of drug-likeness (QED) is 0.580. The molecule has 0 fully saturated rings. The highest BCUT2D eigenvalue weighted by atomic mass is 16.6. The van der Waals surface area contributed by atoms with Crippen LogP contribution in [0.25, 0.3) is 0 Å². The SMILES string of the molecule is CC1=CN(c2ccc([N+](=O)[O-])c(C)c2)CC=N1. The van der Waals surface area contributed by atoms with Crippen LogP contribution in [0.15, 0.2) is 35.1 Å². The number of nitrogens with zero attached hydrogens (tertiary/aromatic N) is 3. The normalized spacial score (nSPS) is 14.7. The van der Waals surface area contributed by atoms with Crippen LogP contribution in [0.2, 0.25) is 0 Å². The number of allylic oxidation sites excluding steroid dienone is 1. The Hall–Kier alpha value is -2.17. The molecule has 1 aromatic carbocycles. The molecule has 0 spiro atoms. The minimum atomic E-state index is -0.363. The van der Waals surface area contributed by atoms with Gasteiger partial charge in [-0.1, -0.05) is 0 Å². The lowest BCUT2D eigenvalue weighted by Gasteiger charge is -2.22. The van der Waals surface area contributed by atoms with Crippen LogP contribution in [-0.4, -0.2) is 17.7 Å². The van der Waals surface area contributed by atoms with Crippen molar-refractivity contribution in [3.8, 4) is 0 Å². The molecule has 1 aliphatic heterocycles. The summed E-state index contributed by atoms with van der Waals surface area (Å²) in [6.07, 6.45) is 3.76. The number of hydrogen-bond acceptors (Lipinski definition) is 4. The number of aliphatic imine (C=N–C) groups is 1. The fourth-order valence-corrected chi connectivity index (χ4v) is 1.79. The Morgan fingerprint density at radius 3 is 2.76 bits per heavy atom. The van der Waals surface area contributed by atoms with Crippen LogP contribution in [0.5, 0.6) is 0 Å². The first-order valence-electron chi connectivity index (χ1n) is 5.30. The summed E-state index contributed by atoms with van der Waals surface area (Å²) in [6.45, 7) is 4.35. The molecule has 0 radical (unpaired) electrons. The van der Waals surface area contributed by atoms with Gasteiger partial charge in [0.25, 0.3) is 5.69 Å². The summed E-state index contributed by atoms with van der Waals surface area (Å²) < 4.78 is 0. The number of hydrogen-bond donors (Lipinski definition) is 0. The van der Waals surface area contributed by atoms with Crippen LogP contribution in [-0.2, 0) is 0 Å². The molecule has 0 amide bonds. The Morgan fingerprint density at radius 1 is 1.41 bits per heavy atom. The summed E-state index contributed by atoms with van der Waals surface area (Å²) in [6, 6.07) is 5.12. The molecule has 1 aromatic rings. The predicted octanol–water partition coefficient (Wildman–Crippen LogP) is 2.66. The summed E-state index contributed by atoms with van der Waals surface area (Å²) in [5.74, 6) is 0. The first kappa shape index (κ1) is 11.3. The molecule has 0 aliphatic carbocycles. The van der Waals surface area contributed by atoms with E-state index < -0.39 is 0 Å². The van der Waals surface area contributed by atoms with Crippen LogP contribution in [0.4, 0.5) is 11.4 Å². The van der Waals surface area contributed by atoms with Gasteiger partial charge in [0, 0.05) is 29.7 Å². The molecule has 0 saturated heterocycles. The van der Waals surface area contributed by atoms with Gasteiger partial charge in [-0.05, 0) is 26.0 Å². The maximum absolute atomic E-state index is 10.7. The van der Waals surface area contributed by atoms with Gasteiger partial charge in [0.1, 0.15) is 0 Å². The summed E-state index contributed by atoms with van der Waals surface area (Å²) >= 11 is 0. The second kappa shape index (κ2) is 4.37. The molecule has 5 nitrogen and oxygen atoms in total. The molecule has 0 atom stereocenters. The first-order chi connectivity index (χ1) is 8.08. The molecule has 1 heterocycles. The van der Waals surface area contributed by atoms with Crippen LogP contribution in [0.3, 0.4) is 0 Å². The largest absolute Gasteiger partial charge is 0.341 e. The van der Waals surface area contributed by atoms with Crippen molar-refractivity contribution >= 4 is 17.6 Å². The number of benzene rings is 1. The van der Waals surface area contributed by atoms with Gasteiger partial charge in [0.05, 0.1) is 17.2 Å². The molecule has 88 valence electrons. The topological polar surface area (TPSA) is 58.7 Å². The first-order valence-corrected chi connectivity index (χ1v) is 5.30. The molecule has 17 heavy (non-hydrogen) atoms. The average Bonchev–Trinajstić information content (AvgIpc) is 2.28. The molecule has 0 unspecified atom stereocenters. The Balaban J connectivity index is 2.32. The van der Waals surface area contributed by atoms with Crippen molar-refractivity contribution in [1.82, 2.24) is 0 Å². The molecule has 5 heteroatoms. The summed E-state index contributed by atoms with van der Waals surface area (Å²) in [5.41, 5.74) is 2.69. The van der Waals surface area contributed by atoms with Crippen LogP contribution in [0, 0.1) is 17.0 Å². The fraction of sp³-hybridized carbons (Fsp3) is 0.250. The standard InChI is InChI=1S/C12H13N3O2/c1-9-7-11(3-4-12(9)15(16)17)14-6-5-13-10(2)8-14/h3-5,7-8H,6H2,1-2H3. The predicted molar refractivity (Wildman–Crippen MR) is 67.4 cm³/mol. The molecule has 1 aliphatic rings. The van der Waals surface area contributed by atoms with Crippen molar-refractivity contribution in [2.24, 2.45) is 4.99 Å². The number of aryl methyl sites for hydroxylation is 1. The van der Waals surface area contributed by atoms with Crippen molar-refractivity contribution in [3.63, 3.8) is 0 Å². The Kier molecular flexibility index (Phi) is 2.91. The molecule has 0 aromatic heterocycles. The van der Waals surface area contributed by atoms with E-state index in [9.17, 15) is 10.1 Å². The van der Waals surface area contributed by atoms with E-state index in [1.165, 1.54) is 0 Å². The molecular weight excluding hydrogens is 218 g/mol. The zero-order valence-electron chi connectivity index (χ0n) is 9.75. The summed E-state index contributed by atoms with van der Waals surface area (Å²) in [5, 5.41) is 10.7. The fourth-order valence-electron chi connectivity index (χ4n) is 1.79. The highest BCUT2D eigenvalue weighted by molar-refractivity contribution is 5.71. The van der Waals surface area contributed by atoms with Crippen molar-refractivity contribution < 1.29 is 4.92 Å². The Labute approximate surface area is 99.2 Å². The van der Waals surface area contributed by atoms with E-state index in [1.54, 1.807) is 19.1 Å². The van der Waals surface area contributed by atoms with Gasteiger partial charge >= 0.3 is 0 Å². The number of anilines is 1. The lowest BCUT2D eigenvalue weighted by atomic mass is 10.1. The third-order valence-corrected chi connectivity index (χ3v) is 2.62. The Morgan fingerprint density at radius 2 is 2.18 bits per heavy atom. The zero-order valence-corrected chi connectivity index (χ0v) is 9.75. The van der Waals surface area contributed by atoms with Crippen molar-refractivity contribution in [3.05, 3.63) is 45.8 Å². The van der Waals surface area contributed by atoms with Gasteiger partial charge in [0.2, 0.25) is 0 Å². The average molecular weight is 231 g/mol. The summed E-state index contributed by atoms with van der Waals surface area (Å²) in [4.78, 5) is 16.5. The van der Waals surface area contributed by atoms with E-state index in [0.29, 0.717) is 12.1 Å². The second-order valence-corrected chi connectivity index (χ2v) is 3.96. The van der Waals surface area contributed by atoms with Gasteiger partial charge in [-0.2, -0.15) is 0 Å². The summed E-state index contributed by atoms with van der Waals surface area (Å²) in [7, 11) is 0. The van der Waals surface area contributed by atoms with E-state index in [2.05, 4.69) is 4.99 Å². The lowest BCUT2D eigenvalue weighted by molar-refractivity contribution is -0.385. The highest BCUT2D eigenvalue weighted by Gasteiger charge is 2.13. The molecular formula is C12H13N3O2. The third-order valence-electron chi connectivity index (χ3n) is 2.62. The second-order valence-electron chi connectivity index (χ2n) is 3.96. The van der Waals surface area contributed by atoms with Gasteiger partial charge in [-0.25, -0.2) is 0 Å². The van der Waals surface area contributed by atoms with Crippen molar-refractivity contribution in [2.75, 3.05) is 11.4 Å². The zero-order chi connectivity index (χ0) is 12.4. The molecule has 0 saturated carbocycles. The van der Waals surface area contributed by atoms with Gasteiger partial charge in [-0.3, -0.25) is 15.1 Å². The smallest absolute Gasteiger partial charge is 0.272 e.